The van der Waals surface area contributed by atoms with E-state index in [4.69, 9.17) is 14.2 Å². The second-order valence-electron chi connectivity index (χ2n) is 7.75. The van der Waals surface area contributed by atoms with Crippen LogP contribution in [0, 0.1) is 11.7 Å². The lowest BCUT2D eigenvalue weighted by molar-refractivity contribution is -0.124. The minimum atomic E-state index is -0.953. The third-order valence-corrected chi connectivity index (χ3v) is 4.81. The highest BCUT2D eigenvalue weighted by molar-refractivity contribution is 5.99. The summed E-state index contributed by atoms with van der Waals surface area (Å²) in [5.41, 5.74) is 5.08. The number of ether oxygens (including phenoxy) is 3. The van der Waals surface area contributed by atoms with E-state index in [9.17, 15) is 18.8 Å². The molecule has 2 aromatic carbocycles. The van der Waals surface area contributed by atoms with Gasteiger partial charge in [0.2, 0.25) is 5.75 Å². The number of rotatable bonds is 11. The number of nitrogens with one attached hydrogen (secondary N) is 3. The summed E-state index contributed by atoms with van der Waals surface area (Å²) >= 11 is 0. The predicted octanol–water partition coefficient (Wildman–Crippen LogP) is 3.24. The summed E-state index contributed by atoms with van der Waals surface area (Å²) in [5.74, 6) is -1.49. The van der Waals surface area contributed by atoms with Crippen molar-refractivity contribution in [2.45, 2.75) is 40.7 Å². The summed E-state index contributed by atoms with van der Waals surface area (Å²) in [7, 11) is 0. The molecule has 0 aliphatic heterocycles. The highest BCUT2D eigenvalue weighted by Gasteiger charge is 2.26. The molecule has 2 rings (SSSR count). The predicted molar refractivity (Wildman–Crippen MR) is 128 cm³/mol. The van der Waals surface area contributed by atoms with E-state index in [2.05, 4.69) is 16.2 Å². The molecule has 0 fully saturated rings. The molecule has 1 unspecified atom stereocenters. The summed E-state index contributed by atoms with van der Waals surface area (Å²) in [6.45, 7) is 9.97. The Balaban J connectivity index is 2.14. The molecule has 0 bridgehead atoms. The average Bonchev–Trinajstić information content (AvgIpc) is 2.83. The van der Waals surface area contributed by atoms with Crippen LogP contribution in [0.4, 0.5) is 4.39 Å². The Kier molecular flexibility index (Phi) is 10.3. The van der Waals surface area contributed by atoms with Crippen LogP contribution < -0.4 is 30.4 Å². The third-order valence-electron chi connectivity index (χ3n) is 4.81. The van der Waals surface area contributed by atoms with Gasteiger partial charge in [0, 0.05) is 11.1 Å². The van der Waals surface area contributed by atoms with Gasteiger partial charge >= 0.3 is 0 Å². The van der Waals surface area contributed by atoms with Crippen molar-refractivity contribution in [2.24, 2.45) is 5.92 Å². The minimum Gasteiger partial charge on any atom is -0.490 e. The summed E-state index contributed by atoms with van der Waals surface area (Å²) in [5, 5.41) is 2.61. The van der Waals surface area contributed by atoms with Crippen LogP contribution in [-0.4, -0.2) is 43.6 Å². The SMILES string of the molecule is CCOc1cc(C(=O)NNC(=O)C(NC(=O)c2ccc(F)cc2)C(C)C)cc(OCC)c1OCC. The highest BCUT2D eigenvalue weighted by Crippen LogP contribution is 2.39. The van der Waals surface area contributed by atoms with Gasteiger partial charge in [-0.2, -0.15) is 0 Å². The minimum absolute atomic E-state index is 0.178. The first kappa shape index (κ1) is 27.4. The largest absolute Gasteiger partial charge is 0.490 e. The van der Waals surface area contributed by atoms with Gasteiger partial charge in [-0.05, 0) is 63.1 Å². The van der Waals surface area contributed by atoms with Crippen molar-refractivity contribution >= 4 is 17.7 Å². The van der Waals surface area contributed by atoms with E-state index >= 15 is 0 Å². The lowest BCUT2D eigenvalue weighted by Gasteiger charge is -2.22. The first-order valence-corrected chi connectivity index (χ1v) is 11.4. The molecular formula is C25H32FN3O6. The Morgan fingerprint density at radius 1 is 0.800 bits per heavy atom. The van der Waals surface area contributed by atoms with Crippen LogP contribution in [0.1, 0.15) is 55.3 Å². The monoisotopic (exact) mass is 489 g/mol. The molecule has 0 aliphatic carbocycles. The van der Waals surface area contributed by atoms with Crippen molar-refractivity contribution in [3.63, 3.8) is 0 Å². The van der Waals surface area contributed by atoms with Crippen LogP contribution >= 0.6 is 0 Å². The highest BCUT2D eigenvalue weighted by atomic mass is 19.1. The van der Waals surface area contributed by atoms with E-state index in [1.54, 1.807) is 27.7 Å². The Morgan fingerprint density at radius 2 is 1.34 bits per heavy atom. The average molecular weight is 490 g/mol. The van der Waals surface area contributed by atoms with Crippen molar-refractivity contribution in [2.75, 3.05) is 19.8 Å². The molecule has 0 saturated heterocycles. The molecular weight excluding hydrogens is 457 g/mol. The molecule has 2 aromatic rings. The van der Waals surface area contributed by atoms with Crippen LogP contribution in [-0.2, 0) is 4.79 Å². The molecule has 35 heavy (non-hydrogen) atoms. The number of hydrogen-bond acceptors (Lipinski definition) is 6. The van der Waals surface area contributed by atoms with Crippen molar-refractivity contribution in [1.82, 2.24) is 16.2 Å². The van der Waals surface area contributed by atoms with Gasteiger partial charge in [0.1, 0.15) is 11.9 Å². The topological polar surface area (TPSA) is 115 Å². The second-order valence-corrected chi connectivity index (χ2v) is 7.75. The Morgan fingerprint density at radius 3 is 1.83 bits per heavy atom. The Bertz CT molecular complexity index is 999. The van der Waals surface area contributed by atoms with Crippen molar-refractivity contribution in [3.05, 3.63) is 53.3 Å². The Labute approximate surface area is 204 Å². The molecule has 0 aromatic heterocycles. The molecule has 10 heteroatoms. The molecule has 1 atom stereocenters. The first-order chi connectivity index (χ1) is 16.7. The van der Waals surface area contributed by atoms with Crippen LogP contribution in [0.2, 0.25) is 0 Å². The molecule has 3 N–H and O–H groups in total. The molecule has 0 radical (unpaired) electrons. The molecule has 0 heterocycles. The van der Waals surface area contributed by atoms with Crippen LogP contribution in [0.3, 0.4) is 0 Å². The van der Waals surface area contributed by atoms with Gasteiger partial charge in [0.15, 0.2) is 11.5 Å². The van der Waals surface area contributed by atoms with Gasteiger partial charge in [0.25, 0.3) is 17.7 Å². The van der Waals surface area contributed by atoms with E-state index in [1.807, 2.05) is 6.92 Å². The molecule has 3 amide bonds. The van der Waals surface area contributed by atoms with E-state index in [-0.39, 0.29) is 17.0 Å². The Hall–Kier alpha value is -3.82. The van der Waals surface area contributed by atoms with E-state index < -0.39 is 29.6 Å². The number of benzene rings is 2. The maximum atomic E-state index is 13.1. The van der Waals surface area contributed by atoms with Crippen LogP contribution in [0.25, 0.3) is 0 Å². The van der Waals surface area contributed by atoms with Crippen LogP contribution in [0.5, 0.6) is 17.2 Å². The molecule has 0 aliphatic rings. The number of hydrazine groups is 1. The fourth-order valence-corrected chi connectivity index (χ4v) is 3.15. The van der Waals surface area contributed by atoms with E-state index in [1.165, 1.54) is 24.3 Å². The summed E-state index contributed by atoms with van der Waals surface area (Å²) in [4.78, 5) is 38.0. The van der Waals surface area contributed by atoms with E-state index in [0.29, 0.717) is 37.1 Å². The number of halogens is 1. The number of amides is 3. The quantitative estimate of drug-likeness (QED) is 0.418. The van der Waals surface area contributed by atoms with Gasteiger partial charge in [0.05, 0.1) is 19.8 Å². The van der Waals surface area contributed by atoms with Crippen molar-refractivity contribution in [3.8, 4) is 17.2 Å². The zero-order chi connectivity index (χ0) is 26.0. The number of hydrogen-bond donors (Lipinski definition) is 3. The smallest absolute Gasteiger partial charge is 0.269 e. The van der Waals surface area contributed by atoms with Gasteiger partial charge in [-0.3, -0.25) is 25.2 Å². The van der Waals surface area contributed by atoms with Gasteiger partial charge in [-0.15, -0.1) is 0 Å². The fourth-order valence-electron chi connectivity index (χ4n) is 3.15. The summed E-state index contributed by atoms with van der Waals surface area (Å²) < 4.78 is 30.0. The second kappa shape index (κ2) is 13.2. The summed E-state index contributed by atoms with van der Waals surface area (Å²) in [6, 6.07) is 6.99. The zero-order valence-electron chi connectivity index (χ0n) is 20.6. The van der Waals surface area contributed by atoms with Gasteiger partial charge in [-0.1, -0.05) is 13.8 Å². The summed E-state index contributed by atoms with van der Waals surface area (Å²) in [6.07, 6.45) is 0. The first-order valence-electron chi connectivity index (χ1n) is 11.4. The lowest BCUT2D eigenvalue weighted by atomic mass is 10.0. The molecule has 9 nitrogen and oxygen atoms in total. The third kappa shape index (κ3) is 7.59. The maximum Gasteiger partial charge on any atom is 0.269 e. The number of carbonyl (C=O) groups is 3. The molecule has 190 valence electrons. The lowest BCUT2D eigenvalue weighted by Crippen LogP contribution is -2.54. The van der Waals surface area contributed by atoms with Crippen molar-refractivity contribution < 1.29 is 33.0 Å². The molecule has 0 saturated carbocycles. The molecule has 0 spiro atoms. The zero-order valence-corrected chi connectivity index (χ0v) is 20.6. The fraction of sp³-hybridized carbons (Fsp3) is 0.400. The van der Waals surface area contributed by atoms with E-state index in [0.717, 1.165) is 12.1 Å². The normalized spacial score (nSPS) is 11.4. The maximum absolute atomic E-state index is 13.1. The van der Waals surface area contributed by atoms with Gasteiger partial charge < -0.3 is 19.5 Å². The standard InChI is InChI=1S/C25H32FN3O6/c1-6-33-19-13-17(14-20(34-7-2)22(19)35-8-3)24(31)28-29-25(32)21(15(4)5)27-23(30)16-9-11-18(26)12-10-16/h9-15,21H,6-8H2,1-5H3,(H,27,30)(H,28,31)(H,29,32). The van der Waals surface area contributed by atoms with Gasteiger partial charge in [-0.25, -0.2) is 4.39 Å². The van der Waals surface area contributed by atoms with Crippen LogP contribution in [0.15, 0.2) is 36.4 Å². The van der Waals surface area contributed by atoms with Crippen molar-refractivity contribution in [1.29, 1.82) is 0 Å². The number of carbonyl (C=O) groups excluding carboxylic acids is 3.